The lowest BCUT2D eigenvalue weighted by molar-refractivity contribution is -0.133. The summed E-state index contributed by atoms with van der Waals surface area (Å²) in [5.74, 6) is -0.0793. The van der Waals surface area contributed by atoms with Gasteiger partial charge in [-0.15, -0.1) is 0 Å². The number of amides is 2. The molecule has 0 saturated carbocycles. The van der Waals surface area contributed by atoms with Gasteiger partial charge in [0.05, 0.1) is 6.54 Å². The first-order valence-electron chi connectivity index (χ1n) is 7.84. The lowest BCUT2D eigenvalue weighted by Gasteiger charge is -2.21. The van der Waals surface area contributed by atoms with Gasteiger partial charge in [-0.05, 0) is 24.1 Å². The van der Waals surface area contributed by atoms with Gasteiger partial charge in [0.1, 0.15) is 17.7 Å². The molecule has 0 aliphatic carbocycles. The largest absolute Gasteiger partial charge is 0.341 e. The lowest BCUT2D eigenvalue weighted by Crippen LogP contribution is -2.40. The molecule has 1 atom stereocenters. The van der Waals surface area contributed by atoms with Gasteiger partial charge in [-0.1, -0.05) is 12.1 Å². The fourth-order valence-corrected chi connectivity index (χ4v) is 2.89. The van der Waals surface area contributed by atoms with Crippen LogP contribution in [-0.4, -0.2) is 39.4 Å². The summed E-state index contributed by atoms with van der Waals surface area (Å²) in [5, 5.41) is 2.87. The van der Waals surface area contributed by atoms with Crippen molar-refractivity contribution in [1.82, 2.24) is 19.8 Å². The molecule has 6 nitrogen and oxygen atoms in total. The highest BCUT2D eigenvalue weighted by Crippen LogP contribution is 2.21. The van der Waals surface area contributed by atoms with Crippen LogP contribution in [-0.2, 0) is 16.6 Å². The summed E-state index contributed by atoms with van der Waals surface area (Å²) in [6.45, 7) is 0.606. The molecule has 2 amide bonds. The first kappa shape index (κ1) is 16.2. The van der Waals surface area contributed by atoms with Crippen LogP contribution in [0.1, 0.15) is 30.3 Å². The average molecular weight is 330 g/mol. The Morgan fingerprint density at radius 2 is 2.29 bits per heavy atom. The highest BCUT2D eigenvalue weighted by molar-refractivity contribution is 5.86. The van der Waals surface area contributed by atoms with E-state index in [2.05, 4.69) is 10.3 Å². The van der Waals surface area contributed by atoms with Crippen LogP contribution in [0.2, 0.25) is 0 Å². The van der Waals surface area contributed by atoms with E-state index >= 15 is 0 Å². The van der Waals surface area contributed by atoms with Crippen molar-refractivity contribution in [2.45, 2.75) is 18.9 Å². The van der Waals surface area contributed by atoms with E-state index in [0.29, 0.717) is 24.4 Å². The minimum Gasteiger partial charge on any atom is -0.341 e. The van der Waals surface area contributed by atoms with Gasteiger partial charge in [0, 0.05) is 32.4 Å². The van der Waals surface area contributed by atoms with Crippen LogP contribution in [0.3, 0.4) is 0 Å². The maximum absolute atomic E-state index is 13.6. The SMILES string of the molecule is Cn1ccnc1C(NC(=O)CN1CCCC1=O)c1cccc(F)c1. The Balaban J connectivity index is 1.81. The molecular weight excluding hydrogens is 311 g/mol. The van der Waals surface area contributed by atoms with Crippen molar-refractivity contribution in [3.8, 4) is 0 Å². The minimum atomic E-state index is -0.578. The zero-order valence-electron chi connectivity index (χ0n) is 13.4. The second kappa shape index (κ2) is 6.82. The number of aromatic nitrogens is 2. The maximum atomic E-state index is 13.6. The zero-order valence-corrected chi connectivity index (χ0v) is 13.4. The standard InChI is InChI=1S/C17H19FN4O2/c1-21-9-7-19-17(21)16(12-4-2-5-13(18)10-12)20-14(23)11-22-8-3-6-15(22)24/h2,4-5,7,9-10,16H,3,6,8,11H2,1H3,(H,20,23). The molecule has 7 heteroatoms. The average Bonchev–Trinajstić information content (AvgIpc) is 3.14. The van der Waals surface area contributed by atoms with Crippen molar-refractivity contribution in [2.24, 2.45) is 7.05 Å². The lowest BCUT2D eigenvalue weighted by atomic mass is 10.1. The number of imidazole rings is 1. The van der Waals surface area contributed by atoms with E-state index < -0.39 is 6.04 Å². The van der Waals surface area contributed by atoms with Crippen LogP contribution >= 0.6 is 0 Å². The summed E-state index contributed by atoms with van der Waals surface area (Å²) < 4.78 is 15.4. The fourth-order valence-electron chi connectivity index (χ4n) is 2.89. The predicted octanol–water partition coefficient (Wildman–Crippen LogP) is 1.39. The first-order valence-corrected chi connectivity index (χ1v) is 7.84. The van der Waals surface area contributed by atoms with E-state index in [1.807, 2.05) is 7.05 Å². The number of hydrogen-bond acceptors (Lipinski definition) is 3. The van der Waals surface area contributed by atoms with Gasteiger partial charge < -0.3 is 14.8 Å². The molecule has 126 valence electrons. The van der Waals surface area contributed by atoms with Crippen molar-refractivity contribution in [1.29, 1.82) is 0 Å². The molecule has 0 spiro atoms. The first-order chi connectivity index (χ1) is 11.5. The molecule has 2 heterocycles. The summed E-state index contributed by atoms with van der Waals surface area (Å²) in [7, 11) is 1.81. The van der Waals surface area contributed by atoms with E-state index in [0.717, 1.165) is 6.42 Å². The number of halogens is 1. The zero-order chi connectivity index (χ0) is 17.1. The summed E-state index contributed by atoms with van der Waals surface area (Å²) in [4.78, 5) is 29.9. The van der Waals surface area contributed by atoms with Gasteiger partial charge in [0.2, 0.25) is 11.8 Å². The molecule has 24 heavy (non-hydrogen) atoms. The number of nitrogens with one attached hydrogen (secondary N) is 1. The summed E-state index contributed by atoms with van der Waals surface area (Å²) in [5.41, 5.74) is 0.602. The van der Waals surface area contributed by atoms with Crippen LogP contribution in [0, 0.1) is 5.82 Å². The molecule has 0 radical (unpaired) electrons. The molecular formula is C17H19FN4O2. The molecule has 3 rings (SSSR count). The van der Waals surface area contributed by atoms with Crippen LogP contribution < -0.4 is 5.32 Å². The Morgan fingerprint density at radius 3 is 2.92 bits per heavy atom. The Kier molecular flexibility index (Phi) is 4.59. The molecule has 1 aromatic carbocycles. The summed E-state index contributed by atoms with van der Waals surface area (Å²) in [6, 6.07) is 5.48. The highest BCUT2D eigenvalue weighted by Gasteiger charge is 2.25. The van der Waals surface area contributed by atoms with E-state index in [-0.39, 0.29) is 24.2 Å². The molecule has 1 fully saturated rings. The number of hydrogen-bond donors (Lipinski definition) is 1. The van der Waals surface area contributed by atoms with E-state index in [1.165, 1.54) is 17.0 Å². The summed E-state index contributed by atoms with van der Waals surface area (Å²) in [6.07, 6.45) is 4.65. The third kappa shape index (κ3) is 3.45. The third-order valence-electron chi connectivity index (χ3n) is 4.11. The van der Waals surface area contributed by atoms with Gasteiger partial charge in [0.25, 0.3) is 0 Å². The second-order valence-electron chi connectivity index (χ2n) is 5.87. The van der Waals surface area contributed by atoms with Crippen molar-refractivity contribution in [3.63, 3.8) is 0 Å². The normalized spacial score (nSPS) is 15.6. The molecule has 0 bridgehead atoms. The van der Waals surface area contributed by atoms with Crippen LogP contribution in [0.4, 0.5) is 4.39 Å². The minimum absolute atomic E-state index is 0.00900. The molecule has 1 aliphatic heterocycles. The van der Waals surface area contributed by atoms with Crippen LogP contribution in [0.25, 0.3) is 0 Å². The molecule has 1 aliphatic rings. The van der Waals surface area contributed by atoms with E-state index in [9.17, 15) is 14.0 Å². The van der Waals surface area contributed by atoms with E-state index in [4.69, 9.17) is 0 Å². The van der Waals surface area contributed by atoms with Gasteiger partial charge in [0.15, 0.2) is 0 Å². The molecule has 1 unspecified atom stereocenters. The van der Waals surface area contributed by atoms with Gasteiger partial charge in [-0.25, -0.2) is 9.37 Å². The highest BCUT2D eigenvalue weighted by atomic mass is 19.1. The predicted molar refractivity (Wildman–Crippen MR) is 85.4 cm³/mol. The number of carbonyl (C=O) groups excluding carboxylic acids is 2. The van der Waals surface area contributed by atoms with Crippen LogP contribution in [0.15, 0.2) is 36.7 Å². The molecule has 2 aromatic rings. The van der Waals surface area contributed by atoms with Crippen LogP contribution in [0.5, 0.6) is 0 Å². The van der Waals surface area contributed by atoms with Gasteiger partial charge in [-0.3, -0.25) is 9.59 Å². The maximum Gasteiger partial charge on any atom is 0.240 e. The molecule has 1 N–H and O–H groups in total. The number of likely N-dealkylation sites (tertiary alicyclic amines) is 1. The summed E-state index contributed by atoms with van der Waals surface area (Å²) >= 11 is 0. The fraction of sp³-hybridized carbons (Fsp3) is 0.353. The van der Waals surface area contributed by atoms with Crippen molar-refractivity contribution in [2.75, 3.05) is 13.1 Å². The monoisotopic (exact) mass is 330 g/mol. The quantitative estimate of drug-likeness (QED) is 0.901. The number of carbonyl (C=O) groups is 2. The van der Waals surface area contributed by atoms with Crippen molar-refractivity contribution >= 4 is 11.8 Å². The van der Waals surface area contributed by atoms with Gasteiger partial charge >= 0.3 is 0 Å². The number of aryl methyl sites for hydroxylation is 1. The van der Waals surface area contributed by atoms with Crippen molar-refractivity contribution in [3.05, 3.63) is 53.9 Å². The Labute approximate surface area is 139 Å². The molecule has 1 aromatic heterocycles. The number of nitrogens with zero attached hydrogens (tertiary/aromatic N) is 3. The third-order valence-corrected chi connectivity index (χ3v) is 4.11. The van der Waals surface area contributed by atoms with Crippen molar-refractivity contribution < 1.29 is 14.0 Å². The Hall–Kier alpha value is -2.70. The van der Waals surface area contributed by atoms with E-state index in [1.54, 1.807) is 29.1 Å². The Bertz CT molecular complexity index is 759. The van der Waals surface area contributed by atoms with Gasteiger partial charge in [-0.2, -0.15) is 0 Å². The number of benzene rings is 1. The second-order valence-corrected chi connectivity index (χ2v) is 5.87. The Morgan fingerprint density at radius 1 is 1.46 bits per heavy atom. The molecule has 1 saturated heterocycles. The number of rotatable bonds is 5. The smallest absolute Gasteiger partial charge is 0.240 e. The topological polar surface area (TPSA) is 67.2 Å².